The first-order chi connectivity index (χ1) is 12.9. The van der Waals surface area contributed by atoms with Crippen molar-refractivity contribution in [2.24, 2.45) is 0 Å². The van der Waals surface area contributed by atoms with Gasteiger partial charge in [-0.05, 0) is 55.9 Å². The van der Waals surface area contributed by atoms with E-state index in [1.807, 2.05) is 31.1 Å². The van der Waals surface area contributed by atoms with E-state index in [1.165, 1.54) is 6.07 Å². The molecule has 0 aliphatic carbocycles. The number of carbonyl (C=O) groups is 1. The summed E-state index contributed by atoms with van der Waals surface area (Å²) < 4.78 is 13.4. The zero-order chi connectivity index (χ0) is 19.8. The summed E-state index contributed by atoms with van der Waals surface area (Å²) in [6.45, 7) is 3.80. The van der Waals surface area contributed by atoms with Crippen LogP contribution in [0.15, 0.2) is 42.5 Å². The Morgan fingerprint density at radius 2 is 1.78 bits per heavy atom. The number of aryl methyl sites for hydroxylation is 1. The van der Waals surface area contributed by atoms with E-state index in [1.54, 1.807) is 36.1 Å². The lowest BCUT2D eigenvalue weighted by molar-refractivity contribution is 0.188. The smallest absolute Gasteiger partial charge is 0.318 e. The number of urea groups is 1. The highest BCUT2D eigenvalue weighted by Crippen LogP contribution is 2.10. The third kappa shape index (κ3) is 6.39. The molecular formula is C21H25FN4O. The van der Waals surface area contributed by atoms with Crippen molar-refractivity contribution < 1.29 is 9.18 Å². The normalized spacial score (nSPS) is 10.5. The van der Waals surface area contributed by atoms with Gasteiger partial charge in [0.15, 0.2) is 0 Å². The second-order valence-electron chi connectivity index (χ2n) is 6.78. The fraction of sp³-hybridized carbons (Fsp3) is 0.333. The van der Waals surface area contributed by atoms with Gasteiger partial charge in [0.05, 0.1) is 11.6 Å². The minimum Gasteiger partial charge on any atom is -0.334 e. The molecule has 2 rings (SSSR count). The summed E-state index contributed by atoms with van der Waals surface area (Å²) in [5, 5.41) is 11.8. The number of hydrogen-bond donors (Lipinski definition) is 1. The second-order valence-corrected chi connectivity index (χ2v) is 6.78. The van der Waals surface area contributed by atoms with Gasteiger partial charge in [-0.3, -0.25) is 0 Å². The topological polar surface area (TPSA) is 59.4 Å². The first kappa shape index (κ1) is 20.4. The predicted molar refractivity (Wildman–Crippen MR) is 103 cm³/mol. The van der Waals surface area contributed by atoms with Gasteiger partial charge in [0.1, 0.15) is 5.82 Å². The lowest BCUT2D eigenvalue weighted by Gasteiger charge is -2.25. The molecule has 0 saturated heterocycles. The van der Waals surface area contributed by atoms with Gasteiger partial charge in [-0.2, -0.15) is 5.26 Å². The van der Waals surface area contributed by atoms with E-state index < -0.39 is 0 Å². The number of nitrogens with one attached hydrogen (secondary N) is 1. The van der Waals surface area contributed by atoms with Gasteiger partial charge in [0.2, 0.25) is 0 Å². The maximum absolute atomic E-state index is 13.4. The Balaban J connectivity index is 2.03. The standard InChI is InChI=1S/C21H25FN4O/c1-16-12-19(8-9-20(16)22)14-24-21(27)26(11-10-25(2)3)15-18-6-4-17(13-23)5-7-18/h4-9,12H,10-11,14-15H2,1-3H3,(H,24,27). The van der Waals surface area contributed by atoms with Crippen LogP contribution in [0, 0.1) is 24.1 Å². The lowest BCUT2D eigenvalue weighted by atomic mass is 10.1. The van der Waals surface area contributed by atoms with Gasteiger partial charge in [0, 0.05) is 26.2 Å². The van der Waals surface area contributed by atoms with Gasteiger partial charge < -0.3 is 15.1 Å². The molecule has 0 fully saturated rings. The number of nitriles is 1. The molecule has 1 N–H and O–H groups in total. The summed E-state index contributed by atoms with van der Waals surface area (Å²) in [6.07, 6.45) is 0. The van der Waals surface area contributed by atoms with Crippen LogP contribution in [0.1, 0.15) is 22.3 Å². The van der Waals surface area contributed by atoms with E-state index in [0.717, 1.165) is 17.7 Å². The molecule has 0 saturated carbocycles. The maximum Gasteiger partial charge on any atom is 0.318 e. The van der Waals surface area contributed by atoms with Crippen LogP contribution in [0.5, 0.6) is 0 Å². The van der Waals surface area contributed by atoms with Crippen molar-refractivity contribution in [3.8, 4) is 6.07 Å². The fourth-order valence-corrected chi connectivity index (χ4v) is 2.58. The third-order valence-electron chi connectivity index (χ3n) is 4.23. The number of carbonyl (C=O) groups excluding carboxylic acids is 1. The minimum atomic E-state index is -0.251. The van der Waals surface area contributed by atoms with Gasteiger partial charge >= 0.3 is 6.03 Å². The molecule has 5 nitrogen and oxygen atoms in total. The third-order valence-corrected chi connectivity index (χ3v) is 4.23. The monoisotopic (exact) mass is 368 g/mol. The van der Waals surface area contributed by atoms with Gasteiger partial charge in [0.25, 0.3) is 0 Å². The molecule has 0 atom stereocenters. The molecule has 27 heavy (non-hydrogen) atoms. The summed E-state index contributed by atoms with van der Waals surface area (Å²) in [5.74, 6) is -0.251. The predicted octanol–water partition coefficient (Wildman–Crippen LogP) is 3.28. The lowest BCUT2D eigenvalue weighted by Crippen LogP contribution is -2.42. The Bertz CT molecular complexity index is 812. The van der Waals surface area contributed by atoms with Gasteiger partial charge in [-0.25, -0.2) is 9.18 Å². The summed E-state index contributed by atoms with van der Waals surface area (Å²) in [4.78, 5) is 16.4. The van der Waals surface area contributed by atoms with E-state index in [-0.39, 0.29) is 11.8 Å². The molecule has 0 bridgehead atoms. The molecule has 142 valence electrons. The Morgan fingerprint density at radius 1 is 1.11 bits per heavy atom. The van der Waals surface area contributed by atoms with Crippen LogP contribution in [0.25, 0.3) is 0 Å². The molecule has 0 aliphatic heterocycles. The second kappa shape index (κ2) is 9.70. The zero-order valence-electron chi connectivity index (χ0n) is 16.0. The van der Waals surface area contributed by atoms with Crippen molar-refractivity contribution in [3.63, 3.8) is 0 Å². The molecule has 2 aromatic rings. The number of amides is 2. The SMILES string of the molecule is Cc1cc(CNC(=O)N(CCN(C)C)Cc2ccc(C#N)cc2)ccc1F. The van der Waals surface area contributed by atoms with Crippen LogP contribution in [0.3, 0.4) is 0 Å². The van der Waals surface area contributed by atoms with Crippen molar-refractivity contribution in [2.45, 2.75) is 20.0 Å². The number of nitrogens with zero attached hydrogens (tertiary/aromatic N) is 3. The Labute approximate surface area is 160 Å². The summed E-state index contributed by atoms with van der Waals surface area (Å²) >= 11 is 0. The summed E-state index contributed by atoms with van der Waals surface area (Å²) in [7, 11) is 3.91. The Hall–Kier alpha value is -2.91. The van der Waals surface area contributed by atoms with Crippen molar-refractivity contribution in [1.29, 1.82) is 5.26 Å². The number of halogens is 1. The first-order valence-electron chi connectivity index (χ1n) is 8.80. The first-order valence-corrected chi connectivity index (χ1v) is 8.80. The average molecular weight is 368 g/mol. The highest BCUT2D eigenvalue weighted by Gasteiger charge is 2.14. The Kier molecular flexibility index (Phi) is 7.33. The molecule has 0 aromatic heterocycles. The van der Waals surface area contributed by atoms with Crippen LogP contribution >= 0.6 is 0 Å². The highest BCUT2D eigenvalue weighted by molar-refractivity contribution is 5.74. The van der Waals surface area contributed by atoms with E-state index >= 15 is 0 Å². The van der Waals surface area contributed by atoms with Crippen LogP contribution in [-0.2, 0) is 13.1 Å². The number of benzene rings is 2. The van der Waals surface area contributed by atoms with Crippen LogP contribution < -0.4 is 5.32 Å². The molecule has 6 heteroatoms. The van der Waals surface area contributed by atoms with Gasteiger partial charge in [-0.15, -0.1) is 0 Å². The van der Waals surface area contributed by atoms with Crippen molar-refractivity contribution >= 4 is 6.03 Å². The quantitative estimate of drug-likeness (QED) is 0.816. The number of hydrogen-bond acceptors (Lipinski definition) is 3. The molecule has 0 spiro atoms. The number of likely N-dealkylation sites (N-methyl/N-ethyl adjacent to an activating group) is 1. The van der Waals surface area contributed by atoms with Crippen molar-refractivity contribution in [2.75, 3.05) is 27.2 Å². The summed E-state index contributed by atoms with van der Waals surface area (Å²) in [6, 6.07) is 14.0. The molecule has 0 aliphatic rings. The molecule has 0 heterocycles. The van der Waals surface area contributed by atoms with Crippen molar-refractivity contribution in [1.82, 2.24) is 15.1 Å². The van der Waals surface area contributed by atoms with Gasteiger partial charge in [-0.1, -0.05) is 24.3 Å². The minimum absolute atomic E-state index is 0.178. The van der Waals surface area contributed by atoms with E-state index in [0.29, 0.717) is 30.8 Å². The molecule has 2 amide bonds. The van der Waals surface area contributed by atoms with Crippen LogP contribution in [0.4, 0.5) is 9.18 Å². The molecular weight excluding hydrogens is 343 g/mol. The molecule has 0 unspecified atom stereocenters. The molecule has 2 aromatic carbocycles. The fourth-order valence-electron chi connectivity index (χ4n) is 2.58. The van der Waals surface area contributed by atoms with Crippen LogP contribution in [-0.4, -0.2) is 43.0 Å². The summed E-state index contributed by atoms with van der Waals surface area (Å²) in [5.41, 5.74) is 2.97. The maximum atomic E-state index is 13.4. The van der Waals surface area contributed by atoms with Crippen LogP contribution in [0.2, 0.25) is 0 Å². The largest absolute Gasteiger partial charge is 0.334 e. The number of rotatable bonds is 7. The van der Waals surface area contributed by atoms with Crippen molar-refractivity contribution in [3.05, 3.63) is 70.5 Å². The van der Waals surface area contributed by atoms with E-state index in [4.69, 9.17) is 5.26 Å². The Morgan fingerprint density at radius 3 is 2.37 bits per heavy atom. The zero-order valence-corrected chi connectivity index (χ0v) is 16.0. The van der Waals surface area contributed by atoms with E-state index in [9.17, 15) is 9.18 Å². The molecule has 0 radical (unpaired) electrons. The average Bonchev–Trinajstić information content (AvgIpc) is 2.66. The highest BCUT2D eigenvalue weighted by atomic mass is 19.1. The van der Waals surface area contributed by atoms with E-state index in [2.05, 4.69) is 11.4 Å².